The Morgan fingerprint density at radius 3 is 2.61 bits per heavy atom. The van der Waals surface area contributed by atoms with Gasteiger partial charge in [0.1, 0.15) is 11.3 Å². The lowest BCUT2D eigenvalue weighted by Crippen LogP contribution is -2.51. The summed E-state index contributed by atoms with van der Waals surface area (Å²) in [6.07, 6.45) is 3.94. The molecule has 3 aliphatic rings. The average Bonchev–Trinajstić information content (AvgIpc) is 3.51. The van der Waals surface area contributed by atoms with E-state index in [1.54, 1.807) is 7.11 Å². The zero-order valence-electron chi connectivity index (χ0n) is 17.9. The maximum absolute atomic E-state index is 13.4. The molecule has 2 aromatic rings. The van der Waals surface area contributed by atoms with Crippen molar-refractivity contribution in [1.82, 2.24) is 10.2 Å². The molecule has 162 valence electrons. The molecule has 1 saturated carbocycles. The number of rotatable bonds is 7. The van der Waals surface area contributed by atoms with Crippen LogP contribution in [0.2, 0.25) is 0 Å². The Labute approximate surface area is 182 Å². The zero-order chi connectivity index (χ0) is 21.5. The number of fused-ring (bicyclic) bond motifs is 1. The van der Waals surface area contributed by atoms with E-state index < -0.39 is 5.54 Å². The molecule has 5 rings (SSSR count). The lowest BCUT2D eigenvalue weighted by molar-refractivity contribution is -0.132. The highest BCUT2D eigenvalue weighted by molar-refractivity contribution is 6.07. The summed E-state index contributed by atoms with van der Waals surface area (Å²) in [5.41, 5.74) is 2.54. The minimum Gasteiger partial charge on any atom is -0.493 e. The molecule has 3 amide bonds. The topological polar surface area (TPSA) is 67.9 Å². The van der Waals surface area contributed by atoms with Crippen LogP contribution in [0.4, 0.5) is 4.79 Å². The first kappa shape index (κ1) is 20.1. The van der Waals surface area contributed by atoms with E-state index in [2.05, 4.69) is 17.4 Å². The molecule has 1 unspecified atom stereocenters. The maximum atomic E-state index is 13.4. The van der Waals surface area contributed by atoms with Crippen LogP contribution in [0, 0.1) is 5.41 Å². The van der Waals surface area contributed by atoms with Crippen molar-refractivity contribution in [2.45, 2.75) is 44.2 Å². The van der Waals surface area contributed by atoms with Crippen molar-refractivity contribution in [3.63, 3.8) is 0 Å². The van der Waals surface area contributed by atoms with Crippen molar-refractivity contribution < 1.29 is 19.1 Å². The fraction of sp³-hybridized carbons (Fsp3) is 0.440. The van der Waals surface area contributed by atoms with Gasteiger partial charge < -0.3 is 14.8 Å². The molecule has 2 aliphatic carbocycles. The number of amides is 3. The lowest BCUT2D eigenvalue weighted by Gasteiger charge is -2.32. The summed E-state index contributed by atoms with van der Waals surface area (Å²) in [5.74, 6) is 0.707. The van der Waals surface area contributed by atoms with Crippen molar-refractivity contribution in [3.05, 3.63) is 65.2 Å². The molecule has 2 aromatic carbocycles. The van der Waals surface area contributed by atoms with Gasteiger partial charge in [-0.3, -0.25) is 9.69 Å². The zero-order valence-corrected chi connectivity index (χ0v) is 17.9. The van der Waals surface area contributed by atoms with Gasteiger partial charge in [-0.2, -0.15) is 0 Å². The summed E-state index contributed by atoms with van der Waals surface area (Å²) in [4.78, 5) is 27.6. The quantitative estimate of drug-likeness (QED) is 0.697. The van der Waals surface area contributed by atoms with Crippen molar-refractivity contribution in [3.8, 4) is 5.75 Å². The number of methoxy groups -OCH3 is 1. The Kier molecular flexibility index (Phi) is 4.97. The van der Waals surface area contributed by atoms with Crippen LogP contribution in [0.25, 0.3) is 0 Å². The van der Waals surface area contributed by atoms with Crippen LogP contribution in [-0.4, -0.2) is 42.6 Å². The molecule has 31 heavy (non-hydrogen) atoms. The average molecular weight is 421 g/mol. The first-order valence-electron chi connectivity index (χ1n) is 10.9. The minimum absolute atomic E-state index is 0.0830. The Bertz CT molecular complexity index is 1020. The van der Waals surface area contributed by atoms with E-state index in [9.17, 15) is 9.59 Å². The standard InChI is InChI=1S/C25H28N2O4/c1-30-15-18-5-4-8-21(13-18)31-17-24(11-12-24)16-27-22(28)25(26-23(27)29)10-9-19-6-2-3-7-20(19)14-25/h2-8,13H,9-12,14-17H2,1H3,(H,26,29). The molecule has 1 spiro atoms. The molecular weight excluding hydrogens is 392 g/mol. The predicted octanol–water partition coefficient (Wildman–Crippen LogP) is 3.47. The van der Waals surface area contributed by atoms with Crippen molar-refractivity contribution in [1.29, 1.82) is 0 Å². The molecule has 6 nitrogen and oxygen atoms in total. The number of benzene rings is 2. The molecular formula is C25H28N2O4. The minimum atomic E-state index is -0.795. The second-order valence-corrected chi connectivity index (χ2v) is 9.22. The van der Waals surface area contributed by atoms with Crippen LogP contribution in [-0.2, 0) is 29.0 Å². The van der Waals surface area contributed by atoms with E-state index in [4.69, 9.17) is 9.47 Å². The van der Waals surface area contributed by atoms with E-state index >= 15 is 0 Å². The third-order valence-electron chi connectivity index (χ3n) is 6.88. The summed E-state index contributed by atoms with van der Waals surface area (Å²) in [7, 11) is 1.67. The summed E-state index contributed by atoms with van der Waals surface area (Å²) < 4.78 is 11.2. The van der Waals surface area contributed by atoms with Crippen LogP contribution >= 0.6 is 0 Å². The number of aryl methyl sites for hydroxylation is 1. The Balaban J connectivity index is 1.26. The molecule has 0 aromatic heterocycles. The van der Waals surface area contributed by atoms with E-state index in [0.717, 1.165) is 36.1 Å². The SMILES string of the molecule is COCc1cccc(OCC2(CN3C(=O)NC4(CCc5ccccc5C4)C3=O)CC2)c1. The molecule has 1 atom stereocenters. The smallest absolute Gasteiger partial charge is 0.325 e. The van der Waals surface area contributed by atoms with Gasteiger partial charge in [0.2, 0.25) is 0 Å². The summed E-state index contributed by atoms with van der Waals surface area (Å²) >= 11 is 0. The molecule has 1 saturated heterocycles. The fourth-order valence-corrected chi connectivity index (χ4v) is 4.83. The number of carbonyl (C=O) groups excluding carboxylic acids is 2. The van der Waals surface area contributed by atoms with Gasteiger partial charge in [0.05, 0.1) is 13.2 Å². The Hall–Kier alpha value is -2.86. The van der Waals surface area contributed by atoms with Crippen molar-refractivity contribution in [2.24, 2.45) is 5.41 Å². The molecule has 1 N–H and O–H groups in total. The fourth-order valence-electron chi connectivity index (χ4n) is 4.83. The lowest BCUT2D eigenvalue weighted by atomic mass is 9.78. The maximum Gasteiger partial charge on any atom is 0.325 e. The van der Waals surface area contributed by atoms with E-state index in [1.165, 1.54) is 10.5 Å². The van der Waals surface area contributed by atoms with Gasteiger partial charge in [-0.25, -0.2) is 4.79 Å². The number of hydrogen-bond donors (Lipinski definition) is 1. The van der Waals surface area contributed by atoms with E-state index in [0.29, 0.717) is 32.6 Å². The third kappa shape index (κ3) is 3.81. The molecule has 2 fully saturated rings. The predicted molar refractivity (Wildman–Crippen MR) is 116 cm³/mol. The first-order chi connectivity index (χ1) is 15.0. The number of ether oxygens (including phenoxy) is 2. The Morgan fingerprint density at radius 2 is 1.84 bits per heavy atom. The van der Waals surface area contributed by atoms with Crippen LogP contribution in [0.1, 0.15) is 36.0 Å². The normalized spacial score (nSPS) is 23.6. The van der Waals surface area contributed by atoms with Gasteiger partial charge in [0.25, 0.3) is 5.91 Å². The molecule has 0 bridgehead atoms. The second kappa shape index (κ2) is 7.68. The van der Waals surface area contributed by atoms with Crippen molar-refractivity contribution in [2.75, 3.05) is 20.3 Å². The molecule has 1 heterocycles. The van der Waals surface area contributed by atoms with Gasteiger partial charge in [-0.05, 0) is 54.5 Å². The molecule has 1 aliphatic heterocycles. The number of hydrogen-bond acceptors (Lipinski definition) is 4. The highest BCUT2D eigenvalue weighted by atomic mass is 16.5. The summed E-state index contributed by atoms with van der Waals surface area (Å²) in [6.45, 7) is 1.45. The first-order valence-corrected chi connectivity index (χ1v) is 10.9. The monoisotopic (exact) mass is 420 g/mol. The number of carbonyl (C=O) groups is 2. The molecule has 0 radical (unpaired) electrons. The highest BCUT2D eigenvalue weighted by Crippen LogP contribution is 2.48. The number of imide groups is 1. The third-order valence-corrected chi connectivity index (χ3v) is 6.88. The van der Waals surface area contributed by atoms with E-state index in [-0.39, 0.29) is 17.4 Å². The van der Waals surface area contributed by atoms with Crippen LogP contribution in [0.5, 0.6) is 5.75 Å². The van der Waals surface area contributed by atoms with Crippen LogP contribution in [0.15, 0.2) is 48.5 Å². The van der Waals surface area contributed by atoms with Gasteiger partial charge in [-0.15, -0.1) is 0 Å². The summed E-state index contributed by atoms with van der Waals surface area (Å²) in [6, 6.07) is 15.8. The second-order valence-electron chi connectivity index (χ2n) is 9.22. The van der Waals surface area contributed by atoms with Crippen molar-refractivity contribution >= 4 is 11.9 Å². The van der Waals surface area contributed by atoms with Gasteiger partial charge in [0.15, 0.2) is 0 Å². The number of nitrogens with zero attached hydrogens (tertiary/aromatic N) is 1. The van der Waals surface area contributed by atoms with Gasteiger partial charge in [0, 0.05) is 25.5 Å². The van der Waals surface area contributed by atoms with Crippen LogP contribution in [0.3, 0.4) is 0 Å². The Morgan fingerprint density at radius 1 is 1.03 bits per heavy atom. The largest absolute Gasteiger partial charge is 0.493 e. The summed E-state index contributed by atoms with van der Waals surface area (Å²) in [5, 5.41) is 3.04. The van der Waals surface area contributed by atoms with Gasteiger partial charge >= 0.3 is 6.03 Å². The van der Waals surface area contributed by atoms with E-state index in [1.807, 2.05) is 36.4 Å². The highest BCUT2D eigenvalue weighted by Gasteiger charge is 2.56. The van der Waals surface area contributed by atoms with Gasteiger partial charge in [-0.1, -0.05) is 36.4 Å². The van der Waals surface area contributed by atoms with Crippen LogP contribution < -0.4 is 10.1 Å². The number of urea groups is 1. The molecule has 6 heteroatoms. The number of nitrogens with one attached hydrogen (secondary N) is 1.